The maximum atomic E-state index is 13.1. The van der Waals surface area contributed by atoms with Gasteiger partial charge in [0.05, 0.1) is 6.04 Å². The molecule has 0 saturated carbocycles. The SMILES string of the molecule is Cc1ccc(CNC(=O)C(C)N)cc1F. The van der Waals surface area contributed by atoms with Crippen LogP contribution >= 0.6 is 0 Å². The molecular weight excluding hydrogens is 195 g/mol. The predicted molar refractivity (Wildman–Crippen MR) is 56.6 cm³/mol. The molecule has 82 valence electrons. The van der Waals surface area contributed by atoms with E-state index < -0.39 is 6.04 Å². The van der Waals surface area contributed by atoms with Crippen LogP contribution in [0.25, 0.3) is 0 Å². The number of hydrogen-bond donors (Lipinski definition) is 2. The number of benzene rings is 1. The molecule has 0 aliphatic carbocycles. The highest BCUT2D eigenvalue weighted by Gasteiger charge is 2.06. The number of nitrogens with one attached hydrogen (secondary N) is 1. The highest BCUT2D eigenvalue weighted by atomic mass is 19.1. The minimum Gasteiger partial charge on any atom is -0.351 e. The van der Waals surface area contributed by atoms with Gasteiger partial charge < -0.3 is 11.1 Å². The van der Waals surface area contributed by atoms with E-state index in [4.69, 9.17) is 5.73 Å². The van der Waals surface area contributed by atoms with Crippen molar-refractivity contribution >= 4 is 5.91 Å². The Labute approximate surface area is 88.5 Å². The van der Waals surface area contributed by atoms with E-state index in [-0.39, 0.29) is 11.7 Å². The van der Waals surface area contributed by atoms with Crippen LogP contribution in [0.15, 0.2) is 18.2 Å². The maximum absolute atomic E-state index is 13.1. The van der Waals surface area contributed by atoms with E-state index >= 15 is 0 Å². The molecule has 0 aromatic heterocycles. The fourth-order valence-corrected chi connectivity index (χ4v) is 1.10. The number of carbonyl (C=O) groups excluding carboxylic acids is 1. The van der Waals surface area contributed by atoms with Crippen LogP contribution in [0, 0.1) is 12.7 Å². The Hall–Kier alpha value is -1.42. The van der Waals surface area contributed by atoms with Gasteiger partial charge in [-0.25, -0.2) is 4.39 Å². The number of nitrogens with two attached hydrogens (primary N) is 1. The number of hydrogen-bond acceptors (Lipinski definition) is 2. The molecule has 1 atom stereocenters. The van der Waals surface area contributed by atoms with Crippen molar-refractivity contribution in [2.24, 2.45) is 5.73 Å². The lowest BCUT2D eigenvalue weighted by Gasteiger charge is -2.08. The van der Waals surface area contributed by atoms with Gasteiger partial charge in [0.25, 0.3) is 0 Å². The first-order valence-electron chi connectivity index (χ1n) is 4.79. The molecule has 15 heavy (non-hydrogen) atoms. The molecule has 1 aromatic carbocycles. The van der Waals surface area contributed by atoms with Crippen molar-refractivity contribution in [2.45, 2.75) is 26.4 Å². The average Bonchev–Trinajstić information content (AvgIpc) is 2.19. The van der Waals surface area contributed by atoms with Gasteiger partial charge in [0.1, 0.15) is 5.82 Å². The molecule has 0 aliphatic heterocycles. The standard InChI is InChI=1S/C11H15FN2O/c1-7-3-4-9(5-10(7)12)6-14-11(15)8(2)13/h3-5,8H,6,13H2,1-2H3,(H,14,15). The molecule has 0 saturated heterocycles. The van der Waals surface area contributed by atoms with Gasteiger partial charge in [-0.05, 0) is 31.0 Å². The van der Waals surface area contributed by atoms with Crippen LogP contribution in [-0.2, 0) is 11.3 Å². The second kappa shape index (κ2) is 4.89. The molecule has 0 heterocycles. The molecule has 1 unspecified atom stereocenters. The Kier molecular flexibility index (Phi) is 3.80. The first kappa shape index (κ1) is 11.7. The van der Waals surface area contributed by atoms with Gasteiger partial charge in [-0.2, -0.15) is 0 Å². The summed E-state index contributed by atoms with van der Waals surface area (Å²) in [6.07, 6.45) is 0. The van der Waals surface area contributed by atoms with E-state index in [0.717, 1.165) is 5.56 Å². The molecule has 4 heteroatoms. The van der Waals surface area contributed by atoms with Gasteiger partial charge in [-0.15, -0.1) is 0 Å². The smallest absolute Gasteiger partial charge is 0.236 e. The zero-order chi connectivity index (χ0) is 11.4. The Morgan fingerprint density at radius 2 is 2.27 bits per heavy atom. The van der Waals surface area contributed by atoms with Crippen molar-refractivity contribution in [3.63, 3.8) is 0 Å². The molecule has 0 bridgehead atoms. The molecule has 0 spiro atoms. The van der Waals surface area contributed by atoms with Gasteiger partial charge >= 0.3 is 0 Å². The van der Waals surface area contributed by atoms with E-state index in [1.54, 1.807) is 26.0 Å². The second-order valence-electron chi connectivity index (χ2n) is 3.59. The second-order valence-corrected chi connectivity index (χ2v) is 3.59. The van der Waals surface area contributed by atoms with Gasteiger partial charge in [0.2, 0.25) is 5.91 Å². The molecular formula is C11H15FN2O. The molecule has 0 radical (unpaired) electrons. The Bertz CT molecular complexity index is 364. The first-order valence-corrected chi connectivity index (χ1v) is 4.79. The summed E-state index contributed by atoms with van der Waals surface area (Å²) in [6.45, 7) is 3.60. The van der Waals surface area contributed by atoms with Crippen LogP contribution in [-0.4, -0.2) is 11.9 Å². The third-order valence-corrected chi connectivity index (χ3v) is 2.12. The van der Waals surface area contributed by atoms with Crippen LogP contribution in [0.3, 0.4) is 0 Å². The molecule has 0 fully saturated rings. The first-order chi connectivity index (χ1) is 7.00. The normalized spacial score (nSPS) is 12.3. The summed E-state index contributed by atoms with van der Waals surface area (Å²) in [5.41, 5.74) is 6.69. The largest absolute Gasteiger partial charge is 0.351 e. The van der Waals surface area contributed by atoms with Gasteiger partial charge in [-0.1, -0.05) is 12.1 Å². The number of carbonyl (C=O) groups is 1. The average molecular weight is 210 g/mol. The zero-order valence-corrected chi connectivity index (χ0v) is 8.88. The summed E-state index contributed by atoms with van der Waals surface area (Å²) in [4.78, 5) is 11.1. The van der Waals surface area contributed by atoms with Gasteiger partial charge in [-0.3, -0.25) is 4.79 Å². The fraction of sp³-hybridized carbons (Fsp3) is 0.364. The van der Waals surface area contributed by atoms with E-state index in [9.17, 15) is 9.18 Å². The lowest BCUT2D eigenvalue weighted by molar-refractivity contribution is -0.122. The van der Waals surface area contributed by atoms with Crippen LogP contribution in [0.2, 0.25) is 0 Å². The summed E-state index contributed by atoms with van der Waals surface area (Å²) in [5, 5.41) is 2.61. The van der Waals surface area contributed by atoms with Crippen LogP contribution < -0.4 is 11.1 Å². The minimum absolute atomic E-state index is 0.240. The lowest BCUT2D eigenvalue weighted by atomic mass is 10.1. The van der Waals surface area contributed by atoms with Crippen LogP contribution in [0.5, 0.6) is 0 Å². The monoisotopic (exact) mass is 210 g/mol. The summed E-state index contributed by atoms with van der Waals surface area (Å²) < 4.78 is 13.1. The third-order valence-electron chi connectivity index (χ3n) is 2.12. The van der Waals surface area contributed by atoms with E-state index in [2.05, 4.69) is 5.32 Å². The van der Waals surface area contributed by atoms with Crippen molar-refractivity contribution in [2.75, 3.05) is 0 Å². The zero-order valence-electron chi connectivity index (χ0n) is 8.88. The quantitative estimate of drug-likeness (QED) is 0.784. The molecule has 1 aromatic rings. The number of aryl methyl sites for hydroxylation is 1. The van der Waals surface area contributed by atoms with Gasteiger partial charge in [0.15, 0.2) is 0 Å². The summed E-state index contributed by atoms with van der Waals surface area (Å²) >= 11 is 0. The number of amides is 1. The van der Waals surface area contributed by atoms with E-state index in [1.165, 1.54) is 6.07 Å². The van der Waals surface area contributed by atoms with Crippen molar-refractivity contribution < 1.29 is 9.18 Å². The van der Waals surface area contributed by atoms with Gasteiger partial charge in [0, 0.05) is 6.54 Å². The topological polar surface area (TPSA) is 55.1 Å². The molecule has 1 amide bonds. The Balaban J connectivity index is 2.58. The minimum atomic E-state index is -0.541. The molecule has 3 N–H and O–H groups in total. The van der Waals surface area contributed by atoms with Crippen molar-refractivity contribution in [3.05, 3.63) is 35.1 Å². The lowest BCUT2D eigenvalue weighted by Crippen LogP contribution is -2.37. The molecule has 3 nitrogen and oxygen atoms in total. The Morgan fingerprint density at radius 3 is 2.80 bits per heavy atom. The Morgan fingerprint density at radius 1 is 1.60 bits per heavy atom. The summed E-state index contributed by atoms with van der Waals surface area (Å²) in [7, 11) is 0. The molecule has 0 aliphatic rings. The fourth-order valence-electron chi connectivity index (χ4n) is 1.10. The third kappa shape index (κ3) is 3.32. The van der Waals surface area contributed by atoms with Crippen molar-refractivity contribution in [1.82, 2.24) is 5.32 Å². The highest BCUT2D eigenvalue weighted by Crippen LogP contribution is 2.08. The van der Waals surface area contributed by atoms with Crippen LogP contribution in [0.4, 0.5) is 4.39 Å². The summed E-state index contributed by atoms with van der Waals surface area (Å²) in [6, 6.07) is 4.33. The number of halogens is 1. The molecule has 1 rings (SSSR count). The summed E-state index contributed by atoms with van der Waals surface area (Å²) in [5.74, 6) is -0.501. The van der Waals surface area contributed by atoms with E-state index in [0.29, 0.717) is 12.1 Å². The van der Waals surface area contributed by atoms with Crippen molar-refractivity contribution in [1.29, 1.82) is 0 Å². The van der Waals surface area contributed by atoms with Crippen molar-refractivity contribution in [3.8, 4) is 0 Å². The highest BCUT2D eigenvalue weighted by molar-refractivity contribution is 5.80. The maximum Gasteiger partial charge on any atom is 0.236 e. The predicted octanol–water partition coefficient (Wildman–Crippen LogP) is 1.10. The number of rotatable bonds is 3. The van der Waals surface area contributed by atoms with Crippen LogP contribution in [0.1, 0.15) is 18.1 Å². The van der Waals surface area contributed by atoms with E-state index in [1.807, 2.05) is 0 Å².